The molecule has 6 aromatic rings. The second-order valence-electron chi connectivity index (χ2n) is 17.4. The zero-order valence-corrected chi connectivity index (χ0v) is 38.3. The Labute approximate surface area is 432 Å². The Kier molecular flexibility index (Phi) is 11.2. The van der Waals surface area contributed by atoms with Crippen LogP contribution in [0.15, 0.2) is 24.3 Å². The van der Waals surface area contributed by atoms with Crippen molar-refractivity contribution in [3.63, 3.8) is 0 Å². The zero-order valence-electron chi connectivity index (χ0n) is 38.3. The highest BCUT2D eigenvalue weighted by Crippen LogP contribution is 2.62. The molecule has 5 aliphatic rings. The summed E-state index contributed by atoms with van der Waals surface area (Å²) in [6.07, 6.45) is -14.2. The Bertz CT molecular complexity index is 3880. The summed E-state index contributed by atoms with van der Waals surface area (Å²) in [7, 11) is 0. The van der Waals surface area contributed by atoms with Crippen molar-refractivity contribution in [3.8, 4) is 143 Å². The second-order valence-corrected chi connectivity index (χ2v) is 17.4. The van der Waals surface area contributed by atoms with Crippen LogP contribution in [-0.4, -0.2) is 164 Å². The Hall–Kier alpha value is -11.5. The number of carboxylic acid groups (broad SMARTS) is 1. The van der Waals surface area contributed by atoms with Crippen LogP contribution in [0.4, 0.5) is 0 Å². The SMILES string of the molecule is O=C(O)c1cc(O)c(O)c(O)c1Oc1cc2c(c(O)c1O)-c1c(cc(O)c(O)c1O)C(=O)OC[C@H]1OC(=O)c3cc(O)c(O)c(O)c3-c3c(O)c(O)c(O)c4c3C(=O)OC([C@H]3OC(=O)c5c-4c(O)c(O)c(O)c5[C@H]3O)[C@@H]1OC2=O. The molecule has 11 rings (SSSR count). The lowest BCUT2D eigenvalue weighted by Gasteiger charge is -2.40. The molecule has 31 heteroatoms. The van der Waals surface area contributed by atoms with Gasteiger partial charge in [-0.15, -0.1) is 0 Å². The zero-order chi connectivity index (χ0) is 57.6. The van der Waals surface area contributed by atoms with Crippen molar-refractivity contribution >= 4 is 35.8 Å². The van der Waals surface area contributed by atoms with Crippen LogP contribution >= 0.6 is 0 Å². The van der Waals surface area contributed by atoms with Crippen molar-refractivity contribution < 1.29 is 154 Å². The van der Waals surface area contributed by atoms with Crippen molar-refractivity contribution in [2.24, 2.45) is 0 Å². The van der Waals surface area contributed by atoms with Crippen molar-refractivity contribution in [3.05, 3.63) is 63.2 Å². The molecule has 6 bridgehead atoms. The third kappa shape index (κ3) is 7.09. The molecule has 0 aromatic heterocycles. The van der Waals surface area contributed by atoms with Gasteiger partial charge in [0.1, 0.15) is 18.3 Å². The Balaban J connectivity index is 1.32. The number of aliphatic hydroxyl groups is 1. The quantitative estimate of drug-likeness (QED) is 0.0686. The molecule has 79 heavy (non-hydrogen) atoms. The number of cyclic esters (lactones) is 1. The molecule has 0 radical (unpaired) electrons. The molecule has 0 saturated heterocycles. The van der Waals surface area contributed by atoms with Crippen molar-refractivity contribution in [1.82, 2.24) is 0 Å². The largest absolute Gasteiger partial charge is 0.504 e. The van der Waals surface area contributed by atoms with Crippen LogP contribution in [0.3, 0.4) is 0 Å². The molecule has 5 heterocycles. The number of hydrogen-bond donors (Lipinski definition) is 19. The van der Waals surface area contributed by atoms with Gasteiger partial charge >= 0.3 is 35.8 Å². The van der Waals surface area contributed by atoms with Crippen LogP contribution in [0.5, 0.6) is 109 Å². The number of rotatable bonds is 3. The Morgan fingerprint density at radius 3 is 1.41 bits per heavy atom. The summed E-state index contributed by atoms with van der Waals surface area (Å²) >= 11 is 0. The molecule has 6 aromatic carbocycles. The van der Waals surface area contributed by atoms with Gasteiger partial charge in [-0.2, -0.15) is 0 Å². The predicted octanol–water partition coefficient (Wildman–Crippen LogP) is 2.22. The smallest absolute Gasteiger partial charge is 0.340 e. The van der Waals surface area contributed by atoms with Gasteiger partial charge in [0, 0.05) is 51.1 Å². The molecule has 1 unspecified atom stereocenters. The van der Waals surface area contributed by atoms with Gasteiger partial charge in [0.2, 0.25) is 40.2 Å². The average molecular weight is 1100 g/mol. The van der Waals surface area contributed by atoms with E-state index in [4.69, 9.17) is 28.4 Å². The number of phenols is 17. The number of aliphatic hydroxyl groups excluding tert-OH is 1. The monoisotopic (exact) mass is 1100 g/mol. The minimum Gasteiger partial charge on any atom is -0.504 e. The number of aromatic carboxylic acids is 1. The normalized spacial score (nSPS) is 19.1. The Morgan fingerprint density at radius 1 is 0.405 bits per heavy atom. The molecule has 0 saturated carbocycles. The lowest BCUT2D eigenvalue weighted by Crippen LogP contribution is -2.56. The summed E-state index contributed by atoms with van der Waals surface area (Å²) in [5.74, 6) is -41.8. The molecule has 19 N–H and O–H groups in total. The number of phenolic OH excluding ortho intramolecular Hbond substituents is 17. The van der Waals surface area contributed by atoms with E-state index in [0.29, 0.717) is 12.1 Å². The van der Waals surface area contributed by atoms with Crippen molar-refractivity contribution in [2.45, 2.75) is 30.5 Å². The molecule has 31 nitrogen and oxygen atoms in total. The van der Waals surface area contributed by atoms with Gasteiger partial charge < -0.3 is 125 Å². The van der Waals surface area contributed by atoms with Gasteiger partial charge in [-0.25, -0.2) is 28.8 Å². The van der Waals surface area contributed by atoms with Gasteiger partial charge in [-0.3, -0.25) is 0 Å². The maximum Gasteiger partial charge on any atom is 0.340 e. The topological polar surface area (TPSA) is 542 Å². The van der Waals surface area contributed by atoms with Gasteiger partial charge in [-0.1, -0.05) is 0 Å². The molecule has 0 fully saturated rings. The summed E-state index contributed by atoms with van der Waals surface area (Å²) < 4.78 is 33.5. The highest BCUT2D eigenvalue weighted by Gasteiger charge is 2.55. The van der Waals surface area contributed by atoms with E-state index in [-0.39, 0.29) is 12.1 Å². The Morgan fingerprint density at radius 2 is 0.823 bits per heavy atom. The van der Waals surface area contributed by atoms with Crippen molar-refractivity contribution in [2.75, 3.05) is 6.61 Å². The molecule has 0 amide bonds. The van der Waals surface area contributed by atoms with Gasteiger partial charge in [0.15, 0.2) is 93.4 Å². The summed E-state index contributed by atoms with van der Waals surface area (Å²) in [5, 5.41) is 211. The lowest BCUT2D eigenvalue weighted by molar-refractivity contribution is -0.154. The number of esters is 5. The number of hydrogen-bond acceptors (Lipinski definition) is 30. The van der Waals surface area contributed by atoms with E-state index in [0.717, 1.165) is 0 Å². The maximum atomic E-state index is 15.3. The fraction of sp³-hybridized carbons (Fsp3) is 0.125. The minimum atomic E-state index is -2.96. The predicted molar refractivity (Wildman–Crippen MR) is 243 cm³/mol. The number of aromatic hydroxyl groups is 17. The summed E-state index contributed by atoms with van der Waals surface area (Å²) in [4.78, 5) is 86.3. The molecule has 0 spiro atoms. The molecule has 5 aliphatic heterocycles. The average Bonchev–Trinajstić information content (AvgIpc) is 3.50. The summed E-state index contributed by atoms with van der Waals surface area (Å²) in [5.41, 5.74) is -17.4. The highest BCUT2D eigenvalue weighted by atomic mass is 16.6. The minimum absolute atomic E-state index is 0.249. The standard InChI is InChI=1S/C48H30O31/c49-10-1-6-15(28(56)24(10)52)16-8(4-13(27(55)30(16)58)75-39-9(43(67)68)3-12(51)26(54)38(39)66)46(71)77-40-14(5-74-44(6)69)76-45(70)7-2-11(50)25(53)29(57)17(7)18-21-19(32(60)36(64)31(18)59)20-22-23(34(62)37(65)33(20)61)35(63)41(78-48(22)73)42(40)79-47(21)72/h1-4,14,35,40-42,49-66H,5H2,(H,67,68)/t14-,35-,40-,41+,42?/m1/s1. The van der Waals surface area contributed by atoms with Gasteiger partial charge in [-0.05, 0) is 12.1 Å². The number of carbonyl (C=O) groups is 6. The van der Waals surface area contributed by atoms with E-state index >= 15 is 9.59 Å². The van der Waals surface area contributed by atoms with E-state index in [9.17, 15) is 116 Å². The number of ether oxygens (including phenoxy) is 6. The molecular formula is C48H30O31. The lowest BCUT2D eigenvalue weighted by atomic mass is 9.80. The van der Waals surface area contributed by atoms with Crippen LogP contribution in [0.25, 0.3) is 33.4 Å². The first-order valence-electron chi connectivity index (χ1n) is 21.8. The maximum absolute atomic E-state index is 15.3. The van der Waals surface area contributed by atoms with E-state index in [2.05, 4.69) is 0 Å². The second kappa shape index (κ2) is 17.3. The first-order valence-corrected chi connectivity index (χ1v) is 21.8. The fourth-order valence-electron chi connectivity index (χ4n) is 9.45. The van der Waals surface area contributed by atoms with Crippen LogP contribution in [0, 0.1) is 0 Å². The molecule has 0 aliphatic carbocycles. The van der Waals surface area contributed by atoms with Crippen LogP contribution in [-0.2, 0) is 23.7 Å². The number of carboxylic acids is 1. The molecular weight excluding hydrogens is 1070 g/mol. The van der Waals surface area contributed by atoms with E-state index in [1.54, 1.807) is 0 Å². The molecule has 408 valence electrons. The van der Waals surface area contributed by atoms with Gasteiger partial charge in [0.25, 0.3) is 0 Å². The van der Waals surface area contributed by atoms with Crippen molar-refractivity contribution in [1.29, 1.82) is 0 Å². The van der Waals surface area contributed by atoms with E-state index in [1.165, 1.54) is 0 Å². The van der Waals surface area contributed by atoms with Crippen LogP contribution < -0.4 is 4.74 Å². The number of fused-ring (bicyclic) bond motifs is 7. The molecule has 5 atom stereocenters. The summed E-state index contributed by atoms with van der Waals surface area (Å²) in [6, 6.07) is 1.15. The fourth-order valence-corrected chi connectivity index (χ4v) is 9.45. The number of carbonyl (C=O) groups excluding carboxylic acids is 5. The highest BCUT2D eigenvalue weighted by molar-refractivity contribution is 6.16. The third-order valence-electron chi connectivity index (χ3n) is 13.1. The number of benzene rings is 6. The van der Waals surface area contributed by atoms with E-state index < -0.39 is 255 Å². The first kappa shape index (κ1) is 51.0. The van der Waals surface area contributed by atoms with Gasteiger partial charge in [0.05, 0.1) is 27.8 Å². The van der Waals surface area contributed by atoms with E-state index in [1.807, 2.05) is 0 Å². The van der Waals surface area contributed by atoms with Crippen LogP contribution in [0.1, 0.15) is 73.8 Å². The first-order chi connectivity index (χ1) is 37.1. The summed E-state index contributed by atoms with van der Waals surface area (Å²) in [6.45, 7) is -1.63. The van der Waals surface area contributed by atoms with Crippen LogP contribution in [0.2, 0.25) is 0 Å². The third-order valence-corrected chi connectivity index (χ3v) is 13.1.